The summed E-state index contributed by atoms with van der Waals surface area (Å²) < 4.78 is 1.20. The van der Waals surface area contributed by atoms with Gasteiger partial charge in [-0.3, -0.25) is 10.9 Å². The molecule has 0 aliphatic carbocycles. The van der Waals surface area contributed by atoms with Crippen LogP contribution in [0.25, 0.3) is 0 Å². The van der Waals surface area contributed by atoms with Crippen molar-refractivity contribution >= 4 is 92.9 Å². The Morgan fingerprint density at radius 1 is 0.585 bits per heavy atom. The number of nitrogens with zero attached hydrogens (tertiary/aromatic N) is 2. The maximum Gasteiger partial charge on any atom is 0.154 e. The second-order valence-corrected chi connectivity index (χ2v) is 11.3. The molecule has 4 rings (SSSR count). The summed E-state index contributed by atoms with van der Waals surface area (Å²) in [7, 11) is 0. The van der Waals surface area contributed by atoms with Gasteiger partial charge < -0.3 is 10.2 Å². The number of phenols is 2. The van der Waals surface area contributed by atoms with Crippen molar-refractivity contribution in [2.75, 3.05) is 0 Å². The molecular formula is C30H28N4O2S4Sn. The van der Waals surface area contributed by atoms with Crippen LogP contribution in [0.15, 0.2) is 119 Å². The number of hydrogen-bond acceptors (Lipinski definition) is 8. The first-order valence-corrected chi connectivity index (χ1v) is 14.9. The summed E-state index contributed by atoms with van der Waals surface area (Å²) in [6.07, 6.45) is 3.09. The fourth-order valence-corrected chi connectivity index (χ4v) is 4.69. The van der Waals surface area contributed by atoms with E-state index in [1.54, 1.807) is 48.8 Å². The summed E-state index contributed by atoms with van der Waals surface area (Å²) in [5.41, 5.74) is 9.29. The van der Waals surface area contributed by atoms with Crippen molar-refractivity contribution in [2.24, 2.45) is 10.2 Å². The molecule has 4 N–H and O–H groups in total. The molecule has 4 aromatic rings. The average molecular weight is 724 g/mol. The number of rotatable bonds is 8. The van der Waals surface area contributed by atoms with Crippen molar-refractivity contribution in [3.63, 3.8) is 0 Å². The Bertz CT molecular complexity index is 1320. The van der Waals surface area contributed by atoms with Crippen LogP contribution >= 0.6 is 48.0 Å². The van der Waals surface area contributed by atoms with Gasteiger partial charge in [-0.2, -0.15) is 10.2 Å². The average Bonchev–Trinajstić information content (AvgIpc) is 2.98. The van der Waals surface area contributed by atoms with Crippen LogP contribution in [-0.4, -0.2) is 55.2 Å². The van der Waals surface area contributed by atoms with Gasteiger partial charge in [-0.05, 0) is 35.4 Å². The van der Waals surface area contributed by atoms with Crippen molar-refractivity contribution in [3.05, 3.63) is 131 Å². The minimum absolute atomic E-state index is 0. The topological polar surface area (TPSA) is 89.2 Å². The van der Waals surface area contributed by atoms with Crippen molar-refractivity contribution in [2.45, 2.75) is 11.5 Å². The van der Waals surface area contributed by atoms with E-state index in [4.69, 9.17) is 24.4 Å². The number of hydrogen-bond donors (Lipinski definition) is 4. The number of hydrazone groups is 2. The second kappa shape index (κ2) is 20.1. The molecule has 4 radical (unpaired) electrons. The summed E-state index contributed by atoms with van der Waals surface area (Å²) in [4.78, 5) is 0. The van der Waals surface area contributed by atoms with E-state index in [-0.39, 0.29) is 35.4 Å². The molecule has 41 heavy (non-hydrogen) atoms. The van der Waals surface area contributed by atoms with Gasteiger partial charge >= 0.3 is 0 Å². The van der Waals surface area contributed by atoms with Gasteiger partial charge in [0.05, 0.1) is 12.4 Å². The van der Waals surface area contributed by atoms with Crippen LogP contribution in [-0.2, 0) is 11.5 Å². The third kappa shape index (κ3) is 14.0. The SMILES string of the molecule is Oc1ccccc1/C=N/NC(=S)SCc1ccccc1.Oc1ccccc1/C=N/NC(=S)SCc1ccccc1.[Sn]. The Morgan fingerprint density at radius 3 is 1.29 bits per heavy atom. The Balaban J connectivity index is 0.000000280. The number of benzene rings is 4. The van der Waals surface area contributed by atoms with Gasteiger partial charge in [0.2, 0.25) is 0 Å². The molecule has 0 aliphatic rings. The van der Waals surface area contributed by atoms with Crippen LogP contribution in [0.5, 0.6) is 11.5 Å². The van der Waals surface area contributed by atoms with E-state index in [1.807, 2.05) is 48.5 Å². The van der Waals surface area contributed by atoms with Crippen molar-refractivity contribution < 1.29 is 10.2 Å². The molecule has 6 nitrogen and oxygen atoms in total. The van der Waals surface area contributed by atoms with Gasteiger partial charge in [-0.25, -0.2) is 0 Å². The maximum absolute atomic E-state index is 9.57. The molecule has 0 atom stereocenters. The molecule has 4 aromatic carbocycles. The molecule has 0 fully saturated rings. The molecule has 0 unspecified atom stereocenters. The van der Waals surface area contributed by atoms with Gasteiger partial charge in [0.1, 0.15) is 11.5 Å². The number of para-hydroxylation sites is 2. The van der Waals surface area contributed by atoms with E-state index in [0.29, 0.717) is 19.8 Å². The summed E-state index contributed by atoms with van der Waals surface area (Å²) in [5, 5.41) is 27.2. The Labute approximate surface area is 276 Å². The van der Waals surface area contributed by atoms with Crippen molar-refractivity contribution in [1.29, 1.82) is 0 Å². The first-order chi connectivity index (χ1) is 19.5. The van der Waals surface area contributed by atoms with Gasteiger partial charge in [0, 0.05) is 46.5 Å². The molecule has 0 bridgehead atoms. The minimum atomic E-state index is 0. The van der Waals surface area contributed by atoms with Crippen molar-refractivity contribution in [1.82, 2.24) is 10.9 Å². The molecular weight excluding hydrogens is 695 g/mol. The third-order valence-electron chi connectivity index (χ3n) is 5.02. The quantitative estimate of drug-likeness (QED) is 0.0693. The van der Waals surface area contributed by atoms with Gasteiger partial charge in [-0.1, -0.05) is 133 Å². The first-order valence-electron chi connectivity index (χ1n) is 12.1. The Morgan fingerprint density at radius 2 is 0.927 bits per heavy atom. The van der Waals surface area contributed by atoms with E-state index in [1.165, 1.54) is 34.7 Å². The smallest absolute Gasteiger partial charge is 0.154 e. The summed E-state index contributed by atoms with van der Waals surface area (Å²) in [5.74, 6) is 2.00. The zero-order valence-electron chi connectivity index (χ0n) is 21.9. The van der Waals surface area contributed by atoms with Gasteiger partial charge in [-0.15, -0.1) is 0 Å². The van der Waals surface area contributed by atoms with Crippen LogP contribution in [0, 0.1) is 0 Å². The summed E-state index contributed by atoms with van der Waals surface area (Å²) in [6.45, 7) is 0. The van der Waals surface area contributed by atoms with Gasteiger partial charge in [0.15, 0.2) is 8.64 Å². The second-order valence-electron chi connectivity index (χ2n) is 7.98. The van der Waals surface area contributed by atoms with Crippen molar-refractivity contribution in [3.8, 4) is 11.5 Å². The van der Waals surface area contributed by atoms with E-state index in [2.05, 4.69) is 45.3 Å². The Kier molecular flexibility index (Phi) is 16.8. The van der Waals surface area contributed by atoms with Gasteiger partial charge in [0.25, 0.3) is 0 Å². The first kappa shape index (κ1) is 34.3. The number of aromatic hydroxyl groups is 2. The monoisotopic (exact) mass is 724 g/mol. The van der Waals surface area contributed by atoms with Crippen LogP contribution in [0.3, 0.4) is 0 Å². The zero-order chi connectivity index (χ0) is 28.4. The number of thiocarbonyl (C=S) groups is 2. The fourth-order valence-electron chi connectivity index (χ4n) is 3.01. The van der Waals surface area contributed by atoms with E-state index < -0.39 is 0 Å². The van der Waals surface area contributed by atoms with Crippen LogP contribution in [0.2, 0.25) is 0 Å². The molecule has 0 aromatic heterocycles. The van der Waals surface area contributed by atoms with E-state index >= 15 is 0 Å². The normalized spacial score (nSPS) is 10.3. The number of nitrogens with one attached hydrogen (secondary N) is 2. The van der Waals surface area contributed by atoms with Crippen LogP contribution < -0.4 is 10.9 Å². The fraction of sp³-hybridized carbons (Fsp3) is 0.0667. The van der Waals surface area contributed by atoms with E-state index in [0.717, 1.165) is 11.5 Å². The van der Waals surface area contributed by atoms with Crippen LogP contribution in [0.4, 0.5) is 0 Å². The number of thioether (sulfide) groups is 2. The van der Waals surface area contributed by atoms with E-state index in [9.17, 15) is 10.2 Å². The Hall–Kier alpha value is -2.90. The molecule has 0 heterocycles. The largest absolute Gasteiger partial charge is 0.507 e. The molecule has 0 spiro atoms. The zero-order valence-corrected chi connectivity index (χ0v) is 28.0. The third-order valence-corrected chi connectivity index (χ3v) is 7.57. The number of phenolic OH excluding ortho intramolecular Hbond substituents is 2. The predicted molar refractivity (Wildman–Crippen MR) is 184 cm³/mol. The predicted octanol–water partition coefficient (Wildman–Crippen LogP) is 6.69. The molecule has 0 amide bonds. The maximum atomic E-state index is 9.57. The molecule has 11 heteroatoms. The molecule has 0 saturated carbocycles. The summed E-state index contributed by atoms with van der Waals surface area (Å²) in [6, 6.07) is 34.2. The molecule has 0 saturated heterocycles. The standard InChI is InChI=1S/2C15H14N2OS2.Sn/c2*18-14-9-5-4-8-13(14)10-16-17-15(19)20-11-12-6-2-1-3-7-12;/h2*1-10,18H,11H2,(H,17,19);/b2*16-10+;. The summed E-state index contributed by atoms with van der Waals surface area (Å²) >= 11 is 13.4. The molecule has 0 aliphatic heterocycles. The minimum Gasteiger partial charge on any atom is -0.507 e. The van der Waals surface area contributed by atoms with Crippen LogP contribution in [0.1, 0.15) is 22.3 Å². The molecule has 208 valence electrons.